The second-order valence-corrected chi connectivity index (χ2v) is 14.0. The van der Waals surface area contributed by atoms with Gasteiger partial charge in [0, 0.05) is 71.4 Å². The van der Waals surface area contributed by atoms with Crippen LogP contribution in [0.15, 0.2) is 91.0 Å². The van der Waals surface area contributed by atoms with Crippen molar-refractivity contribution >= 4 is 44.9 Å². The number of hydrogen-bond acceptors (Lipinski definition) is 2. The Labute approximate surface area is 293 Å². The number of nitrogens with zero attached hydrogens (tertiary/aromatic N) is 2. The molecule has 250 valence electrons. The maximum absolute atomic E-state index is 13.1. The second-order valence-electron chi connectivity index (χ2n) is 13.6. The van der Waals surface area contributed by atoms with E-state index < -0.39 is 0 Å². The maximum Gasteiger partial charge on any atom is 0.227 e. The molecule has 2 aliphatic heterocycles. The zero-order valence-electron chi connectivity index (χ0n) is 28.3. The molecule has 7 heteroatoms. The van der Waals surface area contributed by atoms with E-state index in [1.165, 1.54) is 67.6 Å². The number of carbonyl (C=O) groups is 1. The van der Waals surface area contributed by atoms with Crippen LogP contribution in [0.5, 0.6) is 0 Å². The maximum atomic E-state index is 13.1. The standard InChI is InChI=1S/C21H21FN2S.C21H22N2O/c1-14-4-9-20-17(11-14)18-13-24(10-2-3-19(18)23-20)21(25)12-15-5-7-16(22)8-6-15;1-15-9-10-20-17(12-15)18-14-23(11-5-8-19(18)22-20)21(24)13-16-6-3-2-4-7-16/h4-9,11,23H,2-3,10,12-13H2,1H3;2-4,6-7,9-10,12,22H,5,8,11,13-14H2,1H3. The fourth-order valence-electron chi connectivity index (χ4n) is 7.25. The number of benzene rings is 4. The average molecular weight is 671 g/mol. The van der Waals surface area contributed by atoms with Crippen LogP contribution in [0.2, 0.25) is 0 Å². The molecule has 0 saturated carbocycles. The minimum absolute atomic E-state index is 0.205. The van der Waals surface area contributed by atoms with Gasteiger partial charge in [0.15, 0.2) is 0 Å². The SMILES string of the molecule is Cc1ccc2[nH]c3c(c2c1)CN(C(=O)Cc1ccccc1)CCC3.Cc1ccc2[nH]c3c(c2c1)CN(C(=S)Cc1ccc(F)cc1)CCC3. The highest BCUT2D eigenvalue weighted by Crippen LogP contribution is 2.30. The molecule has 0 unspecified atom stereocenters. The van der Waals surface area contributed by atoms with E-state index in [0.717, 1.165) is 61.4 Å². The quantitative estimate of drug-likeness (QED) is 0.184. The molecule has 0 saturated heterocycles. The number of fused-ring (bicyclic) bond motifs is 6. The Morgan fingerprint density at radius 3 is 1.82 bits per heavy atom. The lowest BCUT2D eigenvalue weighted by atomic mass is 10.1. The zero-order chi connectivity index (χ0) is 33.9. The molecule has 1 amide bonds. The van der Waals surface area contributed by atoms with Gasteiger partial charge in [-0.05, 0) is 92.6 Å². The van der Waals surface area contributed by atoms with Crippen molar-refractivity contribution in [1.29, 1.82) is 0 Å². The van der Waals surface area contributed by atoms with E-state index in [9.17, 15) is 9.18 Å². The molecule has 0 spiro atoms. The second kappa shape index (κ2) is 14.4. The Kier molecular flexibility index (Phi) is 9.63. The van der Waals surface area contributed by atoms with Gasteiger partial charge in [-0.25, -0.2) is 4.39 Å². The van der Waals surface area contributed by atoms with Gasteiger partial charge in [0.05, 0.1) is 11.4 Å². The number of rotatable bonds is 4. The van der Waals surface area contributed by atoms with Gasteiger partial charge in [-0.15, -0.1) is 0 Å². The summed E-state index contributed by atoms with van der Waals surface area (Å²) in [4.78, 5) is 25.2. The van der Waals surface area contributed by atoms with Crippen LogP contribution >= 0.6 is 12.2 Å². The van der Waals surface area contributed by atoms with Crippen molar-refractivity contribution in [1.82, 2.24) is 19.8 Å². The van der Waals surface area contributed by atoms with Crippen LogP contribution in [-0.4, -0.2) is 43.8 Å². The third-order valence-electron chi connectivity index (χ3n) is 9.88. The lowest BCUT2D eigenvalue weighted by Crippen LogP contribution is -2.31. The number of aromatic nitrogens is 2. The molecule has 0 aliphatic carbocycles. The monoisotopic (exact) mass is 670 g/mol. The summed E-state index contributed by atoms with van der Waals surface area (Å²) >= 11 is 5.72. The van der Waals surface area contributed by atoms with Crippen LogP contribution < -0.4 is 0 Å². The molecule has 49 heavy (non-hydrogen) atoms. The molecule has 0 atom stereocenters. The van der Waals surface area contributed by atoms with Crippen LogP contribution in [0, 0.1) is 19.7 Å². The minimum atomic E-state index is -0.205. The van der Waals surface area contributed by atoms with E-state index in [4.69, 9.17) is 12.2 Å². The predicted octanol–water partition coefficient (Wildman–Crippen LogP) is 8.93. The number of nitrogens with one attached hydrogen (secondary N) is 2. The van der Waals surface area contributed by atoms with E-state index in [0.29, 0.717) is 19.4 Å². The molecule has 6 aromatic rings. The number of hydrogen-bond donors (Lipinski definition) is 2. The molecule has 2 aromatic heterocycles. The smallest absolute Gasteiger partial charge is 0.227 e. The van der Waals surface area contributed by atoms with Crippen LogP contribution in [0.1, 0.15) is 57.6 Å². The van der Waals surface area contributed by atoms with Crippen molar-refractivity contribution in [2.45, 2.75) is 65.5 Å². The number of aryl methyl sites for hydroxylation is 4. The number of amides is 1. The summed E-state index contributed by atoms with van der Waals surface area (Å²) < 4.78 is 13.1. The van der Waals surface area contributed by atoms with E-state index in [1.807, 2.05) is 47.4 Å². The van der Waals surface area contributed by atoms with Gasteiger partial charge in [-0.1, -0.05) is 77.9 Å². The van der Waals surface area contributed by atoms with Crippen molar-refractivity contribution in [3.05, 3.63) is 142 Å². The van der Waals surface area contributed by atoms with E-state index >= 15 is 0 Å². The Balaban J connectivity index is 0.000000154. The normalized spacial score (nSPS) is 14.4. The fraction of sp³-hybridized carbons (Fsp3) is 0.286. The van der Waals surface area contributed by atoms with E-state index in [-0.39, 0.29) is 11.7 Å². The summed E-state index contributed by atoms with van der Waals surface area (Å²) in [5.74, 6) is 0.0132. The zero-order valence-corrected chi connectivity index (χ0v) is 29.1. The topological polar surface area (TPSA) is 55.1 Å². The van der Waals surface area contributed by atoms with Gasteiger partial charge in [-0.3, -0.25) is 4.79 Å². The molecule has 2 N–H and O–H groups in total. The first-order valence-electron chi connectivity index (χ1n) is 17.3. The Morgan fingerprint density at radius 2 is 1.22 bits per heavy atom. The van der Waals surface area contributed by atoms with Gasteiger partial charge in [0.2, 0.25) is 5.91 Å². The first kappa shape index (κ1) is 32.8. The third kappa shape index (κ3) is 7.47. The molecule has 4 heterocycles. The van der Waals surface area contributed by atoms with Gasteiger partial charge in [0.1, 0.15) is 5.82 Å². The highest BCUT2D eigenvalue weighted by molar-refractivity contribution is 7.80. The Hall–Kier alpha value is -4.75. The highest BCUT2D eigenvalue weighted by Gasteiger charge is 2.23. The molecule has 0 fully saturated rings. The lowest BCUT2D eigenvalue weighted by Gasteiger charge is -2.24. The average Bonchev–Trinajstić information content (AvgIpc) is 3.40. The predicted molar refractivity (Wildman–Crippen MR) is 201 cm³/mol. The third-order valence-corrected chi connectivity index (χ3v) is 10.3. The van der Waals surface area contributed by atoms with Crippen molar-refractivity contribution in [2.75, 3.05) is 13.1 Å². The van der Waals surface area contributed by atoms with Crippen molar-refractivity contribution in [2.24, 2.45) is 0 Å². The number of thiocarbonyl (C=S) groups is 1. The molecular weight excluding hydrogens is 628 g/mol. The number of halogens is 1. The van der Waals surface area contributed by atoms with Crippen LogP contribution in [-0.2, 0) is 43.6 Å². The van der Waals surface area contributed by atoms with Crippen molar-refractivity contribution in [3.8, 4) is 0 Å². The Bertz CT molecular complexity index is 2110. The number of H-pyrrole nitrogens is 2. The highest BCUT2D eigenvalue weighted by atomic mass is 32.1. The molecule has 2 aliphatic rings. The van der Waals surface area contributed by atoms with Crippen LogP contribution in [0.25, 0.3) is 21.8 Å². The molecule has 8 rings (SSSR count). The van der Waals surface area contributed by atoms with Crippen LogP contribution in [0.3, 0.4) is 0 Å². The summed E-state index contributed by atoms with van der Waals surface area (Å²) in [5.41, 5.74) is 12.4. The number of carbonyl (C=O) groups excluding carboxylic acids is 1. The molecule has 5 nitrogen and oxygen atoms in total. The van der Waals surface area contributed by atoms with Crippen molar-refractivity contribution < 1.29 is 9.18 Å². The van der Waals surface area contributed by atoms with E-state index in [1.54, 1.807) is 0 Å². The molecule has 0 bridgehead atoms. The summed E-state index contributed by atoms with van der Waals surface area (Å²) in [5, 5.41) is 2.58. The first-order chi connectivity index (χ1) is 23.8. The first-order valence-corrected chi connectivity index (χ1v) is 17.8. The number of aromatic amines is 2. The van der Waals surface area contributed by atoms with Gasteiger partial charge >= 0.3 is 0 Å². The Morgan fingerprint density at radius 1 is 0.694 bits per heavy atom. The van der Waals surface area contributed by atoms with Gasteiger partial charge in [-0.2, -0.15) is 0 Å². The largest absolute Gasteiger partial charge is 0.361 e. The summed E-state index contributed by atoms with van der Waals surface area (Å²) in [6, 6.07) is 29.8. The van der Waals surface area contributed by atoms with Gasteiger partial charge < -0.3 is 19.8 Å². The van der Waals surface area contributed by atoms with Crippen molar-refractivity contribution in [3.63, 3.8) is 0 Å². The summed E-state index contributed by atoms with van der Waals surface area (Å²) in [7, 11) is 0. The lowest BCUT2D eigenvalue weighted by molar-refractivity contribution is -0.131. The molecule has 0 radical (unpaired) electrons. The summed E-state index contributed by atoms with van der Waals surface area (Å²) in [6.07, 6.45) is 5.34. The minimum Gasteiger partial charge on any atom is -0.361 e. The fourth-order valence-corrected chi connectivity index (χ4v) is 7.58. The summed E-state index contributed by atoms with van der Waals surface area (Å²) in [6.45, 7) is 7.61. The van der Waals surface area contributed by atoms with Crippen LogP contribution in [0.4, 0.5) is 4.39 Å². The van der Waals surface area contributed by atoms with E-state index in [2.05, 4.69) is 65.1 Å². The molecule has 4 aromatic carbocycles. The van der Waals surface area contributed by atoms with Gasteiger partial charge in [0.25, 0.3) is 0 Å². The molecular formula is C42H43FN4OS.